The van der Waals surface area contributed by atoms with Crippen LogP contribution in [0.15, 0.2) is 30.9 Å². The summed E-state index contributed by atoms with van der Waals surface area (Å²) in [6, 6.07) is 4.18. The van der Waals surface area contributed by atoms with E-state index in [0.29, 0.717) is 5.56 Å². The average Bonchev–Trinajstić information content (AvgIpc) is 2.88. The Morgan fingerprint density at radius 2 is 1.95 bits per heavy atom. The third-order valence-electron chi connectivity index (χ3n) is 6.55. The Hall–Kier alpha value is -3.23. The van der Waals surface area contributed by atoms with Gasteiger partial charge in [-0.3, -0.25) is 14.4 Å². The number of esters is 3. The summed E-state index contributed by atoms with van der Waals surface area (Å²) in [6.07, 6.45) is -5.36. The van der Waals surface area contributed by atoms with Crippen LogP contribution in [0.4, 0.5) is 0 Å². The molecular formula is C25H32O13. The highest BCUT2D eigenvalue weighted by Crippen LogP contribution is 2.38. The molecule has 0 spiro atoms. The summed E-state index contributed by atoms with van der Waals surface area (Å²) >= 11 is 0. The van der Waals surface area contributed by atoms with Gasteiger partial charge in [0.15, 0.2) is 23.7 Å². The number of carbonyl (C=O) groups excluding carboxylic acids is 3. The Labute approximate surface area is 218 Å². The number of hydrogen-bond donors (Lipinski definition) is 5. The number of aromatic hydroxyl groups is 2. The van der Waals surface area contributed by atoms with E-state index >= 15 is 0 Å². The van der Waals surface area contributed by atoms with Crippen molar-refractivity contribution in [3.05, 3.63) is 36.4 Å². The van der Waals surface area contributed by atoms with Crippen LogP contribution in [-0.2, 0) is 44.5 Å². The molecule has 0 saturated carbocycles. The van der Waals surface area contributed by atoms with Crippen LogP contribution in [0.3, 0.4) is 0 Å². The predicted octanol–water partition coefficient (Wildman–Crippen LogP) is -0.490. The molecule has 2 fully saturated rings. The van der Waals surface area contributed by atoms with Crippen LogP contribution in [-0.4, -0.2) is 94.7 Å². The second-order valence-corrected chi connectivity index (χ2v) is 9.00. The van der Waals surface area contributed by atoms with Crippen molar-refractivity contribution in [3.8, 4) is 11.5 Å². The summed E-state index contributed by atoms with van der Waals surface area (Å²) in [7, 11) is 1.08. The normalized spacial score (nSPS) is 31.2. The van der Waals surface area contributed by atoms with Gasteiger partial charge in [0.2, 0.25) is 6.29 Å². The van der Waals surface area contributed by atoms with Gasteiger partial charge in [-0.2, -0.15) is 0 Å². The van der Waals surface area contributed by atoms with Crippen LogP contribution in [0.25, 0.3) is 0 Å². The van der Waals surface area contributed by atoms with E-state index in [1.807, 2.05) is 0 Å². The summed E-state index contributed by atoms with van der Waals surface area (Å²) in [6.45, 7) is 3.03. The molecule has 13 nitrogen and oxygen atoms in total. The molecule has 5 N–H and O–H groups in total. The highest BCUT2D eigenvalue weighted by Gasteiger charge is 2.51. The van der Waals surface area contributed by atoms with E-state index in [4.69, 9.17) is 23.7 Å². The molecule has 0 bridgehead atoms. The van der Waals surface area contributed by atoms with Gasteiger partial charge >= 0.3 is 17.9 Å². The van der Waals surface area contributed by atoms with Gasteiger partial charge in [0, 0.05) is 24.7 Å². The maximum absolute atomic E-state index is 12.8. The summed E-state index contributed by atoms with van der Waals surface area (Å²) < 4.78 is 26.5. The van der Waals surface area contributed by atoms with Crippen molar-refractivity contribution in [2.24, 2.45) is 17.8 Å². The van der Waals surface area contributed by atoms with Gasteiger partial charge in [0.1, 0.15) is 12.2 Å². The molecule has 38 heavy (non-hydrogen) atoms. The lowest BCUT2D eigenvalue weighted by Crippen LogP contribution is -2.54. The first-order valence-electron chi connectivity index (χ1n) is 11.9. The molecule has 2 saturated heterocycles. The zero-order chi connectivity index (χ0) is 28.0. The van der Waals surface area contributed by atoms with Gasteiger partial charge in [0.05, 0.1) is 32.8 Å². The average molecular weight is 541 g/mol. The SMILES string of the molecule is C=CC1C(O[C@H]2C[C@@H](O)[C@H](O)[C@@H](CO)O2)OC(=O)C(C(=O)OC)C1CC(=O)OCCc1ccc(O)c(O)c1. The van der Waals surface area contributed by atoms with E-state index in [1.165, 1.54) is 18.2 Å². The molecule has 2 aliphatic rings. The van der Waals surface area contributed by atoms with Gasteiger partial charge in [-0.25, -0.2) is 0 Å². The Balaban J connectivity index is 1.70. The van der Waals surface area contributed by atoms with Gasteiger partial charge in [-0.15, -0.1) is 6.58 Å². The number of phenols is 2. The quantitative estimate of drug-likeness (QED) is 0.0838. The van der Waals surface area contributed by atoms with Gasteiger partial charge in [-0.05, 0) is 17.7 Å². The van der Waals surface area contributed by atoms with Gasteiger partial charge in [-0.1, -0.05) is 12.1 Å². The fourth-order valence-corrected chi connectivity index (χ4v) is 4.48. The lowest BCUT2D eigenvalue weighted by Gasteiger charge is -2.42. The standard InChI is InChI=1S/C25H32O13/c1-3-13-14(9-19(30)35-7-6-12-4-5-15(27)16(28)8-12)21(23(32)34-2)24(33)38-25(13)37-20-10-17(29)22(31)18(11-26)36-20/h3-5,8,13-14,17-18,20-22,25-29,31H,1,6-7,9-11H2,2H3/t13?,14?,17-,18-,20+,21?,22+,25?/m1/s1. The van der Waals surface area contributed by atoms with Crippen molar-refractivity contribution >= 4 is 17.9 Å². The Kier molecular flexibility index (Phi) is 10.1. The molecule has 13 heteroatoms. The van der Waals surface area contributed by atoms with Crippen molar-refractivity contribution in [3.63, 3.8) is 0 Å². The van der Waals surface area contributed by atoms with Crippen LogP contribution >= 0.6 is 0 Å². The second kappa shape index (κ2) is 13.0. The number of aliphatic hydroxyl groups is 3. The first-order valence-corrected chi connectivity index (χ1v) is 11.9. The minimum atomic E-state index is -1.48. The number of benzene rings is 1. The summed E-state index contributed by atoms with van der Waals surface area (Å²) in [5, 5.41) is 48.4. The van der Waals surface area contributed by atoms with Crippen LogP contribution in [0.1, 0.15) is 18.4 Å². The maximum Gasteiger partial charge on any atom is 0.322 e. The molecule has 8 atom stereocenters. The number of methoxy groups -OCH3 is 1. The number of hydrogen-bond acceptors (Lipinski definition) is 13. The molecule has 0 aromatic heterocycles. The maximum atomic E-state index is 12.8. The lowest BCUT2D eigenvalue weighted by atomic mass is 9.76. The molecule has 3 rings (SSSR count). The van der Waals surface area contributed by atoms with E-state index in [1.54, 1.807) is 6.07 Å². The first kappa shape index (κ1) is 29.3. The summed E-state index contributed by atoms with van der Waals surface area (Å²) in [5.41, 5.74) is 0.597. The molecule has 0 aliphatic carbocycles. The summed E-state index contributed by atoms with van der Waals surface area (Å²) in [4.78, 5) is 37.9. The Morgan fingerprint density at radius 3 is 2.58 bits per heavy atom. The fraction of sp³-hybridized carbons (Fsp3) is 0.560. The number of cyclic esters (lactones) is 1. The van der Waals surface area contributed by atoms with E-state index in [2.05, 4.69) is 6.58 Å². The lowest BCUT2D eigenvalue weighted by molar-refractivity contribution is -0.313. The zero-order valence-corrected chi connectivity index (χ0v) is 20.7. The van der Waals surface area contributed by atoms with Crippen molar-refractivity contribution in [2.75, 3.05) is 20.3 Å². The van der Waals surface area contributed by atoms with Crippen LogP contribution in [0.2, 0.25) is 0 Å². The van der Waals surface area contributed by atoms with Gasteiger partial charge in [0.25, 0.3) is 0 Å². The minimum absolute atomic E-state index is 0.0829. The molecule has 0 radical (unpaired) electrons. The highest BCUT2D eigenvalue weighted by atomic mass is 16.8. The number of aliphatic hydroxyl groups excluding tert-OH is 3. The van der Waals surface area contributed by atoms with Crippen molar-refractivity contribution in [1.29, 1.82) is 0 Å². The van der Waals surface area contributed by atoms with Crippen LogP contribution in [0, 0.1) is 17.8 Å². The third kappa shape index (κ3) is 6.79. The Bertz CT molecular complexity index is 1010. The monoisotopic (exact) mass is 540 g/mol. The van der Waals surface area contributed by atoms with E-state index in [9.17, 15) is 39.9 Å². The molecule has 0 amide bonds. The third-order valence-corrected chi connectivity index (χ3v) is 6.55. The van der Waals surface area contributed by atoms with Crippen LogP contribution in [0.5, 0.6) is 11.5 Å². The van der Waals surface area contributed by atoms with Crippen LogP contribution < -0.4 is 0 Å². The highest BCUT2D eigenvalue weighted by molar-refractivity contribution is 5.96. The number of carbonyl (C=O) groups is 3. The first-order chi connectivity index (χ1) is 18.1. The predicted molar refractivity (Wildman–Crippen MR) is 125 cm³/mol. The number of ether oxygens (including phenoxy) is 5. The van der Waals surface area contributed by atoms with Crippen molar-refractivity contribution in [1.82, 2.24) is 0 Å². The molecule has 4 unspecified atom stereocenters. The summed E-state index contributed by atoms with van der Waals surface area (Å²) in [5.74, 6) is -6.67. The minimum Gasteiger partial charge on any atom is -0.504 e. The molecule has 1 aromatic carbocycles. The topological polar surface area (TPSA) is 199 Å². The molecule has 1 aromatic rings. The number of phenolic OH excluding ortho intramolecular Hbond substituents is 2. The number of rotatable bonds is 10. The zero-order valence-electron chi connectivity index (χ0n) is 20.7. The molecule has 2 heterocycles. The molecular weight excluding hydrogens is 508 g/mol. The van der Waals surface area contributed by atoms with E-state index in [0.717, 1.165) is 7.11 Å². The van der Waals surface area contributed by atoms with Crippen molar-refractivity contribution < 1.29 is 63.6 Å². The van der Waals surface area contributed by atoms with Gasteiger partial charge < -0.3 is 49.2 Å². The van der Waals surface area contributed by atoms with Crippen molar-refractivity contribution in [2.45, 2.75) is 50.2 Å². The molecule has 2 aliphatic heterocycles. The smallest absolute Gasteiger partial charge is 0.322 e. The largest absolute Gasteiger partial charge is 0.504 e. The van der Waals surface area contributed by atoms with E-state index in [-0.39, 0.29) is 30.9 Å². The Morgan fingerprint density at radius 1 is 1.21 bits per heavy atom. The van der Waals surface area contributed by atoms with E-state index < -0.39 is 79.6 Å². The molecule has 210 valence electrons. The fourth-order valence-electron chi connectivity index (χ4n) is 4.48. The second-order valence-electron chi connectivity index (χ2n) is 9.00.